The van der Waals surface area contributed by atoms with Gasteiger partial charge in [-0.15, -0.1) is 0 Å². The minimum atomic E-state index is -2.52. The minimum Gasteiger partial charge on any atom is -0.329 e. The van der Waals surface area contributed by atoms with E-state index in [9.17, 15) is 38.1 Å². The fourth-order valence-electron chi connectivity index (χ4n) is 9.09. The SMILES string of the molecule is O=C1C2C(C(=O)N1c1ccc(F)cc1)C1([N+](=O)[O-])C=C3c4ccccc4N(c4ccccc4)C32C2C(=O)N(c3ccc(F)cc3)C(=O)C21. The Hall–Kier alpha value is -6.04. The van der Waals surface area contributed by atoms with Crippen LogP contribution in [0.2, 0.25) is 0 Å². The van der Waals surface area contributed by atoms with E-state index in [0.717, 1.165) is 34.1 Å². The molecule has 4 unspecified atom stereocenters. The van der Waals surface area contributed by atoms with Gasteiger partial charge in [-0.3, -0.25) is 29.3 Å². The van der Waals surface area contributed by atoms with Crippen LogP contribution >= 0.6 is 0 Å². The van der Waals surface area contributed by atoms with Gasteiger partial charge in [0.15, 0.2) is 0 Å². The van der Waals surface area contributed by atoms with Crippen LogP contribution in [0, 0.1) is 45.4 Å². The van der Waals surface area contributed by atoms with Crippen molar-refractivity contribution in [3.05, 3.63) is 137 Å². The average Bonchev–Trinajstić information content (AvgIpc) is 3.65. The predicted octanol–water partition coefficient (Wildman–Crippen LogP) is 4.89. The number of nitrogens with zero attached hydrogens (tertiary/aromatic N) is 4. The monoisotopic (exact) mass is 644 g/mol. The predicted molar refractivity (Wildman–Crippen MR) is 167 cm³/mol. The maximum atomic E-state index is 14.9. The van der Waals surface area contributed by atoms with E-state index in [0.29, 0.717) is 22.5 Å². The van der Waals surface area contributed by atoms with Crippen molar-refractivity contribution in [2.45, 2.75) is 11.1 Å². The lowest BCUT2D eigenvalue weighted by atomic mass is 9.44. The number of hydrogen-bond acceptors (Lipinski definition) is 7. The average molecular weight is 645 g/mol. The Balaban J connectivity index is 1.39. The molecular weight excluding hydrogens is 622 g/mol. The smallest absolute Gasteiger partial charge is 0.265 e. The zero-order valence-electron chi connectivity index (χ0n) is 24.7. The molecule has 4 aromatic carbocycles. The number of imide groups is 2. The summed E-state index contributed by atoms with van der Waals surface area (Å²) in [5.41, 5.74) is -2.40. The maximum Gasteiger partial charge on any atom is 0.265 e. The number of para-hydroxylation sites is 2. The molecule has 4 atom stereocenters. The maximum absolute atomic E-state index is 14.9. The quantitative estimate of drug-likeness (QED) is 0.176. The Morgan fingerprint density at radius 2 is 1.04 bits per heavy atom. The third-order valence-electron chi connectivity index (χ3n) is 10.7. The van der Waals surface area contributed by atoms with E-state index in [2.05, 4.69) is 0 Å². The van der Waals surface area contributed by atoms with Gasteiger partial charge in [-0.25, -0.2) is 18.6 Å². The molecule has 3 heterocycles. The molecule has 2 saturated heterocycles. The number of hydrogen-bond donors (Lipinski definition) is 0. The lowest BCUT2D eigenvalue weighted by Gasteiger charge is -2.58. The highest BCUT2D eigenvalue weighted by atomic mass is 19.1. The lowest BCUT2D eigenvalue weighted by Crippen LogP contribution is -2.76. The number of anilines is 4. The molecule has 0 aromatic heterocycles. The van der Waals surface area contributed by atoms with E-state index in [1.54, 1.807) is 59.5 Å². The van der Waals surface area contributed by atoms with Crippen LogP contribution in [-0.4, -0.2) is 39.6 Å². The topological polar surface area (TPSA) is 121 Å². The molecule has 6 aliphatic rings. The number of carbonyl (C=O) groups excluding carboxylic acids is 4. The number of amides is 4. The van der Waals surface area contributed by atoms with Crippen molar-refractivity contribution < 1.29 is 32.9 Å². The molecule has 1 spiro atoms. The fraction of sp³-hybridized carbons (Fsp3) is 0.167. The first kappa shape index (κ1) is 28.2. The second kappa shape index (κ2) is 9.28. The van der Waals surface area contributed by atoms with E-state index in [4.69, 9.17) is 0 Å². The van der Waals surface area contributed by atoms with E-state index in [-0.39, 0.29) is 11.4 Å². The van der Waals surface area contributed by atoms with Gasteiger partial charge in [-0.1, -0.05) is 36.4 Å². The van der Waals surface area contributed by atoms with E-state index in [1.807, 2.05) is 0 Å². The molecule has 0 radical (unpaired) electrons. The van der Waals surface area contributed by atoms with Gasteiger partial charge in [0, 0.05) is 21.9 Å². The zero-order chi connectivity index (χ0) is 33.3. The number of carbonyl (C=O) groups is 4. The van der Waals surface area contributed by atoms with Crippen LogP contribution in [0.3, 0.4) is 0 Å². The van der Waals surface area contributed by atoms with Gasteiger partial charge in [0.2, 0.25) is 23.6 Å². The van der Waals surface area contributed by atoms with Crippen LogP contribution < -0.4 is 14.7 Å². The molecule has 48 heavy (non-hydrogen) atoms. The highest BCUT2D eigenvalue weighted by Crippen LogP contribution is 2.73. The van der Waals surface area contributed by atoms with Gasteiger partial charge in [0.25, 0.3) is 5.54 Å². The zero-order valence-corrected chi connectivity index (χ0v) is 24.7. The van der Waals surface area contributed by atoms with Crippen LogP contribution in [-0.2, 0) is 19.2 Å². The van der Waals surface area contributed by atoms with E-state index < -0.39 is 74.9 Å². The van der Waals surface area contributed by atoms with Crippen molar-refractivity contribution in [3.8, 4) is 0 Å². The van der Waals surface area contributed by atoms with Crippen LogP contribution in [0.5, 0.6) is 0 Å². The van der Waals surface area contributed by atoms with Gasteiger partial charge >= 0.3 is 0 Å². The van der Waals surface area contributed by atoms with Gasteiger partial charge in [-0.2, -0.15) is 0 Å². The molecule has 10 rings (SSSR count). The second-order valence-electron chi connectivity index (χ2n) is 12.6. The highest BCUT2D eigenvalue weighted by Gasteiger charge is 2.88. The molecule has 3 fully saturated rings. The lowest BCUT2D eigenvalue weighted by molar-refractivity contribution is -0.577. The van der Waals surface area contributed by atoms with Crippen molar-refractivity contribution in [1.29, 1.82) is 0 Å². The van der Waals surface area contributed by atoms with E-state index >= 15 is 0 Å². The standard InChI is InChI=1S/C36H22F2N4O6/c37-19-10-14-21(15-11-19)39-31(43)27-29(33(39)45)36-25(24-8-4-5-9-26(24)41(36)23-6-2-1-3-7-23)18-35(27,42(47)48)28-30(36)34(46)40(32(28)44)22-16-12-20(38)13-17-22/h1-18,27-30H. The van der Waals surface area contributed by atoms with Crippen molar-refractivity contribution >= 4 is 52.0 Å². The first-order chi connectivity index (χ1) is 23.1. The second-order valence-corrected chi connectivity index (χ2v) is 12.6. The van der Waals surface area contributed by atoms with Crippen LogP contribution in [0.1, 0.15) is 5.56 Å². The van der Waals surface area contributed by atoms with Gasteiger partial charge < -0.3 is 4.90 Å². The van der Waals surface area contributed by atoms with Crippen molar-refractivity contribution in [3.63, 3.8) is 0 Å². The first-order valence-corrected chi connectivity index (χ1v) is 15.2. The fourth-order valence-corrected chi connectivity index (χ4v) is 9.09. The van der Waals surface area contributed by atoms with Gasteiger partial charge in [0.1, 0.15) is 23.5 Å². The number of benzene rings is 4. The molecule has 0 N–H and O–H groups in total. The number of rotatable bonds is 4. The Kier molecular flexibility index (Phi) is 5.45. The Morgan fingerprint density at radius 3 is 1.54 bits per heavy atom. The number of halogens is 2. The molecule has 4 aromatic rings. The molecule has 2 bridgehead atoms. The Bertz CT molecular complexity index is 2080. The summed E-state index contributed by atoms with van der Waals surface area (Å²) in [6.45, 7) is 0. The van der Waals surface area contributed by atoms with Crippen molar-refractivity contribution in [1.82, 2.24) is 0 Å². The summed E-state index contributed by atoms with van der Waals surface area (Å²) in [4.78, 5) is 75.4. The van der Waals surface area contributed by atoms with Gasteiger partial charge in [-0.05, 0) is 78.4 Å². The molecular formula is C36H22F2N4O6. The van der Waals surface area contributed by atoms with Crippen LogP contribution in [0.4, 0.5) is 31.5 Å². The summed E-state index contributed by atoms with van der Waals surface area (Å²) < 4.78 is 28.0. The van der Waals surface area contributed by atoms with E-state index in [1.165, 1.54) is 30.3 Å². The molecule has 3 aliphatic carbocycles. The van der Waals surface area contributed by atoms with Crippen molar-refractivity contribution in [2.24, 2.45) is 23.7 Å². The molecule has 12 heteroatoms. The van der Waals surface area contributed by atoms with Crippen LogP contribution in [0.25, 0.3) is 5.57 Å². The number of fused-ring (bicyclic) bond motifs is 1. The van der Waals surface area contributed by atoms with Crippen molar-refractivity contribution in [2.75, 3.05) is 14.7 Å². The molecule has 3 aliphatic heterocycles. The summed E-state index contributed by atoms with van der Waals surface area (Å²) in [7, 11) is 0. The summed E-state index contributed by atoms with van der Waals surface area (Å²) in [6.07, 6.45) is 1.33. The largest absolute Gasteiger partial charge is 0.329 e. The van der Waals surface area contributed by atoms with Gasteiger partial charge in [0.05, 0.1) is 28.7 Å². The highest BCUT2D eigenvalue weighted by molar-refractivity contribution is 6.30. The molecule has 4 amide bonds. The molecule has 236 valence electrons. The summed E-state index contributed by atoms with van der Waals surface area (Å²) >= 11 is 0. The Labute approximate surface area is 270 Å². The minimum absolute atomic E-state index is 0.00849. The summed E-state index contributed by atoms with van der Waals surface area (Å²) in [5, 5.41) is 13.6. The normalized spacial score (nSPS) is 29.5. The third-order valence-corrected chi connectivity index (χ3v) is 10.7. The Morgan fingerprint density at radius 1 is 0.583 bits per heavy atom. The first-order valence-electron chi connectivity index (χ1n) is 15.2. The van der Waals surface area contributed by atoms with Crippen LogP contribution in [0.15, 0.2) is 109 Å². The summed E-state index contributed by atoms with van der Waals surface area (Å²) in [6, 6.07) is 25.1. The number of nitro groups is 1. The molecule has 10 nitrogen and oxygen atoms in total. The summed E-state index contributed by atoms with van der Waals surface area (Å²) in [5.74, 6) is -11.1. The molecule has 1 saturated carbocycles. The third kappa shape index (κ3) is 3.10.